The lowest BCUT2D eigenvalue weighted by molar-refractivity contribution is 0.469. The van der Waals surface area contributed by atoms with Crippen molar-refractivity contribution in [1.82, 2.24) is 0 Å². The molecule has 1 aromatic carbocycles. The second kappa shape index (κ2) is 3.38. The van der Waals surface area contributed by atoms with Gasteiger partial charge in [0.05, 0.1) is 5.75 Å². The van der Waals surface area contributed by atoms with Crippen molar-refractivity contribution in [3.8, 4) is 5.75 Å². The summed E-state index contributed by atoms with van der Waals surface area (Å²) in [4.78, 5) is 0. The molecule has 0 saturated carbocycles. The first kappa shape index (κ1) is 10.1. The number of benzene rings is 1. The quantitative estimate of drug-likeness (QED) is 0.781. The normalized spacial score (nSPS) is 11.5. The van der Waals surface area contributed by atoms with Crippen molar-refractivity contribution in [2.45, 2.75) is 12.7 Å². The fraction of sp³-hybridized carbons (Fsp3) is 0.333. The van der Waals surface area contributed by atoms with Gasteiger partial charge in [0, 0.05) is 11.8 Å². The van der Waals surface area contributed by atoms with Crippen LogP contribution in [0, 0.1) is 6.92 Å². The molecule has 0 fully saturated rings. The van der Waals surface area contributed by atoms with Crippen LogP contribution < -0.4 is 0 Å². The van der Waals surface area contributed by atoms with Gasteiger partial charge in [-0.1, -0.05) is 12.1 Å². The molecule has 0 saturated heterocycles. The van der Waals surface area contributed by atoms with Crippen LogP contribution in [0.25, 0.3) is 0 Å². The van der Waals surface area contributed by atoms with Crippen molar-refractivity contribution >= 4 is 9.84 Å². The summed E-state index contributed by atoms with van der Waals surface area (Å²) in [6.45, 7) is 1.84. The first-order valence-electron chi connectivity index (χ1n) is 3.85. The van der Waals surface area contributed by atoms with Gasteiger partial charge < -0.3 is 5.11 Å². The fourth-order valence-corrected chi connectivity index (χ4v) is 1.89. The molecule has 1 rings (SSSR count). The van der Waals surface area contributed by atoms with Crippen LogP contribution in [-0.2, 0) is 15.6 Å². The predicted octanol–water partition coefficient (Wildman–Crippen LogP) is 1.25. The number of rotatable bonds is 2. The molecule has 1 N–H and O–H groups in total. The Labute approximate surface area is 77.9 Å². The van der Waals surface area contributed by atoms with Gasteiger partial charge in [-0.3, -0.25) is 0 Å². The van der Waals surface area contributed by atoms with Crippen LogP contribution in [0.2, 0.25) is 0 Å². The average molecular weight is 200 g/mol. The molecule has 0 aliphatic rings. The van der Waals surface area contributed by atoms with E-state index in [1.807, 2.05) is 6.92 Å². The highest BCUT2D eigenvalue weighted by Crippen LogP contribution is 2.20. The molecule has 0 bridgehead atoms. The molecule has 0 atom stereocenters. The molecule has 0 heterocycles. The first-order chi connectivity index (χ1) is 5.88. The van der Waals surface area contributed by atoms with Gasteiger partial charge in [0.25, 0.3) is 0 Å². The third-order valence-corrected chi connectivity index (χ3v) is 2.49. The van der Waals surface area contributed by atoms with Gasteiger partial charge in [-0.25, -0.2) is 8.42 Å². The Morgan fingerprint density at radius 1 is 1.38 bits per heavy atom. The lowest BCUT2D eigenvalue weighted by atomic mass is 10.1. The third-order valence-electron chi connectivity index (χ3n) is 1.66. The Bertz CT molecular complexity index is 407. The van der Waals surface area contributed by atoms with Gasteiger partial charge in [-0.05, 0) is 18.6 Å². The summed E-state index contributed by atoms with van der Waals surface area (Å²) in [5, 5.41) is 9.39. The van der Waals surface area contributed by atoms with Crippen LogP contribution in [0.15, 0.2) is 18.2 Å². The molecule has 0 aromatic heterocycles. The van der Waals surface area contributed by atoms with E-state index < -0.39 is 9.84 Å². The Balaban J connectivity index is 3.04. The topological polar surface area (TPSA) is 54.4 Å². The molecule has 0 spiro atoms. The number of sulfone groups is 1. The second-order valence-electron chi connectivity index (χ2n) is 3.20. The Morgan fingerprint density at radius 2 is 2.00 bits per heavy atom. The van der Waals surface area contributed by atoms with E-state index in [1.165, 1.54) is 0 Å². The highest BCUT2D eigenvalue weighted by Gasteiger charge is 2.08. The number of aromatic hydroxyl groups is 1. The highest BCUT2D eigenvalue weighted by molar-refractivity contribution is 7.89. The summed E-state index contributed by atoms with van der Waals surface area (Å²) in [5.74, 6) is -0.0653. The first-order valence-corrected chi connectivity index (χ1v) is 5.91. The maximum atomic E-state index is 10.9. The lowest BCUT2D eigenvalue weighted by Gasteiger charge is -2.03. The molecule has 72 valence electrons. The van der Waals surface area contributed by atoms with Crippen molar-refractivity contribution in [3.05, 3.63) is 29.3 Å². The molecule has 0 aliphatic carbocycles. The molecular weight excluding hydrogens is 188 g/mol. The van der Waals surface area contributed by atoms with Crippen molar-refractivity contribution < 1.29 is 13.5 Å². The Kier molecular flexibility index (Phi) is 2.61. The van der Waals surface area contributed by atoms with Gasteiger partial charge in [-0.15, -0.1) is 0 Å². The molecule has 4 heteroatoms. The molecule has 0 amide bonds. The zero-order valence-corrected chi connectivity index (χ0v) is 8.43. The minimum atomic E-state index is -3.07. The summed E-state index contributed by atoms with van der Waals surface area (Å²) in [7, 11) is -3.07. The van der Waals surface area contributed by atoms with E-state index in [0.29, 0.717) is 5.56 Å². The van der Waals surface area contributed by atoms with E-state index in [4.69, 9.17) is 0 Å². The van der Waals surface area contributed by atoms with Crippen LogP contribution >= 0.6 is 0 Å². The van der Waals surface area contributed by atoms with Gasteiger partial charge in [0.1, 0.15) is 5.75 Å². The number of phenols is 1. The SMILES string of the molecule is Cc1ccc(CS(C)(=O)=O)c(O)c1. The zero-order valence-electron chi connectivity index (χ0n) is 7.61. The lowest BCUT2D eigenvalue weighted by Crippen LogP contribution is -2.00. The molecule has 0 unspecified atom stereocenters. The van der Waals surface area contributed by atoms with Gasteiger partial charge in [-0.2, -0.15) is 0 Å². The van der Waals surface area contributed by atoms with Crippen LogP contribution in [-0.4, -0.2) is 19.8 Å². The average Bonchev–Trinajstić information content (AvgIpc) is 1.93. The van der Waals surface area contributed by atoms with E-state index in [0.717, 1.165) is 11.8 Å². The number of hydrogen-bond donors (Lipinski definition) is 1. The fourth-order valence-electron chi connectivity index (χ4n) is 1.08. The number of phenolic OH excluding ortho intramolecular Hbond substituents is 1. The van der Waals surface area contributed by atoms with Crippen LogP contribution in [0.3, 0.4) is 0 Å². The zero-order chi connectivity index (χ0) is 10.1. The van der Waals surface area contributed by atoms with Crippen molar-refractivity contribution in [2.75, 3.05) is 6.26 Å². The molecular formula is C9H12O3S. The number of hydrogen-bond acceptors (Lipinski definition) is 3. The summed E-state index contributed by atoms with van der Waals surface area (Å²) in [6.07, 6.45) is 1.15. The van der Waals surface area contributed by atoms with E-state index in [9.17, 15) is 13.5 Å². The third kappa shape index (κ3) is 3.06. The minimum absolute atomic E-state index is 0.0467. The van der Waals surface area contributed by atoms with Gasteiger partial charge in [0.15, 0.2) is 9.84 Å². The van der Waals surface area contributed by atoms with Crippen LogP contribution in [0.4, 0.5) is 0 Å². The molecule has 13 heavy (non-hydrogen) atoms. The van der Waals surface area contributed by atoms with E-state index in [1.54, 1.807) is 18.2 Å². The maximum Gasteiger partial charge on any atom is 0.151 e. The summed E-state index contributed by atoms with van der Waals surface area (Å²) >= 11 is 0. The van der Waals surface area contributed by atoms with Crippen molar-refractivity contribution in [2.24, 2.45) is 0 Å². The second-order valence-corrected chi connectivity index (χ2v) is 5.34. The van der Waals surface area contributed by atoms with Crippen molar-refractivity contribution in [1.29, 1.82) is 0 Å². The van der Waals surface area contributed by atoms with Crippen LogP contribution in [0.1, 0.15) is 11.1 Å². The molecule has 3 nitrogen and oxygen atoms in total. The van der Waals surface area contributed by atoms with E-state index >= 15 is 0 Å². The molecule has 0 aliphatic heterocycles. The predicted molar refractivity (Wildman–Crippen MR) is 51.4 cm³/mol. The van der Waals surface area contributed by atoms with Crippen LogP contribution in [0.5, 0.6) is 5.75 Å². The minimum Gasteiger partial charge on any atom is -0.508 e. The van der Waals surface area contributed by atoms with E-state index in [2.05, 4.69) is 0 Å². The van der Waals surface area contributed by atoms with Gasteiger partial charge >= 0.3 is 0 Å². The standard InChI is InChI=1S/C9H12O3S/c1-7-3-4-8(9(10)5-7)6-13(2,11)12/h3-5,10H,6H2,1-2H3. The van der Waals surface area contributed by atoms with E-state index in [-0.39, 0.29) is 11.5 Å². The molecule has 1 aromatic rings. The summed E-state index contributed by atoms with van der Waals surface area (Å²) in [6, 6.07) is 4.96. The highest BCUT2D eigenvalue weighted by atomic mass is 32.2. The largest absolute Gasteiger partial charge is 0.508 e. The Hall–Kier alpha value is -1.03. The van der Waals surface area contributed by atoms with Crippen molar-refractivity contribution in [3.63, 3.8) is 0 Å². The smallest absolute Gasteiger partial charge is 0.151 e. The number of aryl methyl sites for hydroxylation is 1. The molecule has 0 radical (unpaired) electrons. The monoisotopic (exact) mass is 200 g/mol. The van der Waals surface area contributed by atoms with Gasteiger partial charge in [0.2, 0.25) is 0 Å². The maximum absolute atomic E-state index is 10.9. The summed E-state index contributed by atoms with van der Waals surface area (Å²) < 4.78 is 21.9. The summed E-state index contributed by atoms with van der Waals surface area (Å²) in [5.41, 5.74) is 1.36. The Morgan fingerprint density at radius 3 is 2.46 bits per heavy atom.